The lowest BCUT2D eigenvalue weighted by molar-refractivity contribution is -0.123. The van der Waals surface area contributed by atoms with Crippen LogP contribution in [0.25, 0.3) is 0 Å². The number of carbonyl (C=O) groups excluding carboxylic acids is 2. The number of nitrogens with one attached hydrogen (secondary N) is 2. The molecule has 144 valence electrons. The van der Waals surface area contributed by atoms with E-state index in [2.05, 4.69) is 45.4 Å². The molecule has 2 rings (SSSR count). The first kappa shape index (κ1) is 21.1. The van der Waals surface area contributed by atoms with Crippen LogP contribution in [0, 0.1) is 5.92 Å². The monoisotopic (exact) mass is 432 g/mol. The zero-order valence-corrected chi connectivity index (χ0v) is 17.4. The van der Waals surface area contributed by atoms with Crippen LogP contribution in [0.3, 0.4) is 0 Å². The average molecular weight is 433 g/mol. The fourth-order valence-corrected chi connectivity index (χ4v) is 2.93. The van der Waals surface area contributed by atoms with Crippen LogP contribution in [0.4, 0.5) is 5.82 Å². The molecule has 0 aliphatic rings. The molecule has 7 heteroatoms. The predicted octanol–water partition coefficient (Wildman–Crippen LogP) is 3.23. The van der Waals surface area contributed by atoms with Crippen LogP contribution in [-0.4, -0.2) is 41.8 Å². The first-order valence-electron chi connectivity index (χ1n) is 8.79. The van der Waals surface area contributed by atoms with Crippen molar-refractivity contribution < 1.29 is 9.59 Å². The molecule has 0 spiro atoms. The number of halogens is 1. The van der Waals surface area contributed by atoms with Crippen molar-refractivity contribution in [1.29, 1.82) is 0 Å². The molecule has 2 amide bonds. The second-order valence-corrected chi connectivity index (χ2v) is 7.70. The number of rotatable bonds is 8. The van der Waals surface area contributed by atoms with Crippen LogP contribution < -0.4 is 10.6 Å². The Balaban J connectivity index is 1.85. The third kappa shape index (κ3) is 7.11. The number of benzene rings is 1. The number of hydrogen-bond donors (Lipinski definition) is 2. The second-order valence-electron chi connectivity index (χ2n) is 6.78. The van der Waals surface area contributed by atoms with E-state index in [9.17, 15) is 9.59 Å². The minimum absolute atomic E-state index is 0.0621. The maximum atomic E-state index is 12.4. The van der Waals surface area contributed by atoms with Crippen LogP contribution in [-0.2, 0) is 9.59 Å². The minimum Gasteiger partial charge on any atom is -0.348 e. The normalized spacial score (nSPS) is 12.1. The molecule has 1 aromatic heterocycles. The van der Waals surface area contributed by atoms with Crippen molar-refractivity contribution in [1.82, 2.24) is 15.2 Å². The molecular weight excluding hydrogens is 408 g/mol. The van der Waals surface area contributed by atoms with E-state index in [1.165, 1.54) is 0 Å². The lowest BCUT2D eigenvalue weighted by Crippen LogP contribution is -2.41. The highest BCUT2D eigenvalue weighted by atomic mass is 79.9. The molecule has 0 saturated carbocycles. The molecule has 0 aliphatic heterocycles. The molecule has 0 saturated heterocycles. The van der Waals surface area contributed by atoms with Gasteiger partial charge in [-0.3, -0.25) is 14.5 Å². The summed E-state index contributed by atoms with van der Waals surface area (Å²) in [5.41, 5.74) is 1.07. The maximum absolute atomic E-state index is 12.4. The molecule has 1 heterocycles. The number of carbonyl (C=O) groups is 2. The summed E-state index contributed by atoms with van der Waals surface area (Å²) in [6, 6.07) is 13.3. The fraction of sp³-hybridized carbons (Fsp3) is 0.350. The summed E-state index contributed by atoms with van der Waals surface area (Å²) in [6.07, 6.45) is 1.61. The van der Waals surface area contributed by atoms with E-state index in [0.717, 1.165) is 10.0 Å². The van der Waals surface area contributed by atoms with Gasteiger partial charge in [0.05, 0.1) is 19.1 Å². The van der Waals surface area contributed by atoms with Crippen molar-refractivity contribution in [2.75, 3.05) is 25.5 Å². The largest absolute Gasteiger partial charge is 0.348 e. The third-order valence-electron chi connectivity index (χ3n) is 3.96. The van der Waals surface area contributed by atoms with Gasteiger partial charge >= 0.3 is 0 Å². The standard InChI is InChI=1S/C20H25BrN4O2/c1-14(2)20(15-7-5-4-6-8-15)24-19(27)13-25(3)12-18(26)23-17-10-9-16(21)11-22-17/h4-11,14,20H,12-13H2,1-3H3,(H,24,27)(H,22,23,26). The Morgan fingerprint density at radius 3 is 2.33 bits per heavy atom. The molecule has 0 aliphatic carbocycles. The Hall–Kier alpha value is -2.25. The molecule has 6 nitrogen and oxygen atoms in total. The highest BCUT2D eigenvalue weighted by molar-refractivity contribution is 9.10. The average Bonchev–Trinajstić information content (AvgIpc) is 2.62. The van der Waals surface area contributed by atoms with Crippen LogP contribution in [0.1, 0.15) is 25.5 Å². The lowest BCUT2D eigenvalue weighted by Gasteiger charge is -2.24. The zero-order valence-electron chi connectivity index (χ0n) is 15.8. The van der Waals surface area contributed by atoms with Gasteiger partial charge in [0.25, 0.3) is 0 Å². The van der Waals surface area contributed by atoms with Gasteiger partial charge in [-0.25, -0.2) is 4.98 Å². The van der Waals surface area contributed by atoms with Gasteiger partial charge in [0.2, 0.25) is 11.8 Å². The van der Waals surface area contributed by atoms with Crippen molar-refractivity contribution in [3.8, 4) is 0 Å². The van der Waals surface area contributed by atoms with Gasteiger partial charge in [-0.15, -0.1) is 0 Å². The van der Waals surface area contributed by atoms with Crippen molar-refractivity contribution in [3.63, 3.8) is 0 Å². The molecule has 2 N–H and O–H groups in total. The quantitative estimate of drug-likeness (QED) is 0.671. The fourth-order valence-electron chi connectivity index (χ4n) is 2.69. The van der Waals surface area contributed by atoms with E-state index in [-0.39, 0.29) is 36.9 Å². The molecule has 0 radical (unpaired) electrons. The number of amides is 2. The number of aromatic nitrogens is 1. The molecular formula is C20H25BrN4O2. The number of pyridine rings is 1. The first-order chi connectivity index (χ1) is 12.8. The highest BCUT2D eigenvalue weighted by Gasteiger charge is 2.19. The summed E-state index contributed by atoms with van der Waals surface area (Å²) in [5, 5.41) is 5.78. The SMILES string of the molecule is CC(C)C(NC(=O)CN(C)CC(=O)Nc1ccc(Br)cn1)c1ccccc1. The first-order valence-corrected chi connectivity index (χ1v) is 9.58. The van der Waals surface area contributed by atoms with E-state index in [1.54, 1.807) is 30.3 Å². The minimum atomic E-state index is -0.219. The lowest BCUT2D eigenvalue weighted by atomic mass is 9.96. The highest BCUT2D eigenvalue weighted by Crippen LogP contribution is 2.21. The topological polar surface area (TPSA) is 74.3 Å². The Morgan fingerprint density at radius 2 is 1.74 bits per heavy atom. The van der Waals surface area contributed by atoms with Gasteiger partial charge in [0.1, 0.15) is 5.82 Å². The summed E-state index contributed by atoms with van der Waals surface area (Å²) < 4.78 is 0.840. The summed E-state index contributed by atoms with van der Waals surface area (Å²) in [5.74, 6) is 0.400. The van der Waals surface area contributed by atoms with Gasteiger partial charge in [0.15, 0.2) is 0 Å². The van der Waals surface area contributed by atoms with Gasteiger partial charge in [0, 0.05) is 10.7 Å². The number of anilines is 1. The summed E-state index contributed by atoms with van der Waals surface area (Å²) in [7, 11) is 1.74. The smallest absolute Gasteiger partial charge is 0.239 e. The third-order valence-corrected chi connectivity index (χ3v) is 4.43. The summed E-state index contributed by atoms with van der Waals surface area (Å²) in [6.45, 7) is 4.38. The van der Waals surface area contributed by atoms with Crippen molar-refractivity contribution in [2.45, 2.75) is 19.9 Å². The van der Waals surface area contributed by atoms with Crippen LogP contribution >= 0.6 is 15.9 Å². The van der Waals surface area contributed by atoms with E-state index < -0.39 is 0 Å². The maximum Gasteiger partial charge on any atom is 0.239 e. The Morgan fingerprint density at radius 1 is 1.07 bits per heavy atom. The molecule has 2 aromatic rings. The van der Waals surface area contributed by atoms with Crippen LogP contribution in [0.2, 0.25) is 0 Å². The van der Waals surface area contributed by atoms with Gasteiger partial charge in [-0.05, 0) is 46.6 Å². The summed E-state index contributed by atoms with van der Waals surface area (Å²) >= 11 is 3.30. The van der Waals surface area contributed by atoms with Crippen molar-refractivity contribution in [3.05, 3.63) is 58.7 Å². The van der Waals surface area contributed by atoms with E-state index >= 15 is 0 Å². The van der Waals surface area contributed by atoms with Gasteiger partial charge in [-0.2, -0.15) is 0 Å². The molecule has 0 bridgehead atoms. The van der Waals surface area contributed by atoms with E-state index in [0.29, 0.717) is 5.82 Å². The van der Waals surface area contributed by atoms with Crippen LogP contribution in [0.15, 0.2) is 53.1 Å². The number of likely N-dealkylation sites (N-methyl/N-ethyl adjacent to an activating group) is 1. The zero-order chi connectivity index (χ0) is 19.8. The van der Waals surface area contributed by atoms with Gasteiger partial charge < -0.3 is 10.6 Å². The van der Waals surface area contributed by atoms with E-state index in [1.807, 2.05) is 30.3 Å². The Bertz CT molecular complexity index is 750. The number of nitrogens with zero attached hydrogens (tertiary/aromatic N) is 2. The van der Waals surface area contributed by atoms with Gasteiger partial charge in [-0.1, -0.05) is 44.2 Å². The Kier molecular flexibility index (Phi) is 7.94. The number of hydrogen-bond acceptors (Lipinski definition) is 4. The second kappa shape index (κ2) is 10.2. The molecule has 0 fully saturated rings. The van der Waals surface area contributed by atoms with Crippen LogP contribution in [0.5, 0.6) is 0 Å². The van der Waals surface area contributed by atoms with Crippen molar-refractivity contribution in [2.24, 2.45) is 5.92 Å². The molecule has 1 aromatic carbocycles. The van der Waals surface area contributed by atoms with E-state index in [4.69, 9.17) is 0 Å². The molecule has 1 atom stereocenters. The Labute approximate surface area is 168 Å². The molecule has 1 unspecified atom stereocenters. The van der Waals surface area contributed by atoms with Crippen molar-refractivity contribution >= 4 is 33.6 Å². The summed E-state index contributed by atoms with van der Waals surface area (Å²) in [4.78, 5) is 30.3. The molecule has 27 heavy (non-hydrogen) atoms. The predicted molar refractivity (Wildman–Crippen MR) is 110 cm³/mol.